The van der Waals surface area contributed by atoms with Crippen LogP contribution in [0, 0.1) is 6.92 Å². The summed E-state index contributed by atoms with van der Waals surface area (Å²) in [5.74, 6) is -0.0536. The molecule has 19 heavy (non-hydrogen) atoms. The quantitative estimate of drug-likeness (QED) is 0.817. The SMILES string of the molecule is CC.CC(/C=C\CNC(=O)c1ccccc1C)=C/N. The van der Waals surface area contributed by atoms with Gasteiger partial charge in [-0.25, -0.2) is 0 Å². The van der Waals surface area contributed by atoms with E-state index in [1.54, 1.807) is 0 Å². The molecule has 0 spiro atoms. The van der Waals surface area contributed by atoms with Gasteiger partial charge in [-0.15, -0.1) is 0 Å². The smallest absolute Gasteiger partial charge is 0.251 e. The third kappa shape index (κ3) is 6.46. The third-order valence-corrected chi connectivity index (χ3v) is 2.41. The van der Waals surface area contributed by atoms with Crippen LogP contribution in [0.3, 0.4) is 0 Å². The van der Waals surface area contributed by atoms with Gasteiger partial charge in [-0.05, 0) is 37.3 Å². The summed E-state index contributed by atoms with van der Waals surface area (Å²) < 4.78 is 0. The van der Waals surface area contributed by atoms with Crippen molar-refractivity contribution in [2.24, 2.45) is 5.73 Å². The first-order valence-corrected chi connectivity index (χ1v) is 6.54. The molecule has 0 fully saturated rings. The van der Waals surface area contributed by atoms with E-state index in [4.69, 9.17) is 5.73 Å². The van der Waals surface area contributed by atoms with Gasteiger partial charge in [-0.2, -0.15) is 0 Å². The Labute approximate surface area is 116 Å². The lowest BCUT2D eigenvalue weighted by Gasteiger charge is -2.05. The lowest BCUT2D eigenvalue weighted by atomic mass is 10.1. The van der Waals surface area contributed by atoms with Crippen LogP contribution in [-0.2, 0) is 0 Å². The molecular weight excluding hydrogens is 236 g/mol. The fourth-order valence-electron chi connectivity index (χ4n) is 1.37. The highest BCUT2D eigenvalue weighted by atomic mass is 16.1. The summed E-state index contributed by atoms with van der Waals surface area (Å²) in [6.45, 7) is 8.32. The largest absolute Gasteiger partial charge is 0.404 e. The van der Waals surface area contributed by atoms with Gasteiger partial charge in [0.15, 0.2) is 0 Å². The molecule has 0 radical (unpaired) electrons. The molecule has 1 rings (SSSR count). The number of nitrogens with two attached hydrogens (primary N) is 1. The number of carbonyl (C=O) groups is 1. The highest BCUT2D eigenvalue weighted by molar-refractivity contribution is 5.95. The first kappa shape index (κ1) is 17.0. The highest BCUT2D eigenvalue weighted by Gasteiger charge is 2.05. The second kappa shape index (κ2) is 9.95. The predicted molar refractivity (Wildman–Crippen MR) is 81.9 cm³/mol. The van der Waals surface area contributed by atoms with Crippen molar-refractivity contribution < 1.29 is 4.79 Å². The van der Waals surface area contributed by atoms with Gasteiger partial charge in [0, 0.05) is 12.1 Å². The number of hydrogen-bond acceptors (Lipinski definition) is 2. The molecule has 0 unspecified atom stereocenters. The molecule has 3 N–H and O–H groups in total. The first-order chi connectivity index (χ1) is 9.15. The molecule has 3 nitrogen and oxygen atoms in total. The maximum absolute atomic E-state index is 11.8. The summed E-state index contributed by atoms with van der Waals surface area (Å²) >= 11 is 0. The second-order valence-corrected chi connectivity index (χ2v) is 3.84. The van der Waals surface area contributed by atoms with E-state index in [1.807, 2.05) is 64.1 Å². The summed E-state index contributed by atoms with van der Waals surface area (Å²) in [4.78, 5) is 11.8. The normalized spacial score (nSPS) is 10.8. The van der Waals surface area contributed by atoms with E-state index >= 15 is 0 Å². The Kier molecular flexibility index (Phi) is 8.88. The minimum Gasteiger partial charge on any atom is -0.404 e. The summed E-state index contributed by atoms with van der Waals surface area (Å²) in [6.07, 6.45) is 5.27. The zero-order valence-electron chi connectivity index (χ0n) is 12.2. The summed E-state index contributed by atoms with van der Waals surface area (Å²) in [6, 6.07) is 7.52. The van der Waals surface area contributed by atoms with Gasteiger partial charge >= 0.3 is 0 Å². The fraction of sp³-hybridized carbons (Fsp3) is 0.312. The molecule has 1 aromatic rings. The predicted octanol–water partition coefficient (Wildman–Crippen LogP) is 3.17. The van der Waals surface area contributed by atoms with E-state index in [0.29, 0.717) is 12.1 Å². The number of nitrogens with one attached hydrogen (secondary N) is 1. The minimum atomic E-state index is -0.0536. The molecule has 0 heterocycles. The van der Waals surface area contributed by atoms with E-state index in [0.717, 1.165) is 11.1 Å². The molecule has 0 aliphatic carbocycles. The zero-order chi connectivity index (χ0) is 14.7. The first-order valence-electron chi connectivity index (χ1n) is 6.54. The van der Waals surface area contributed by atoms with E-state index in [2.05, 4.69) is 5.32 Å². The number of benzene rings is 1. The van der Waals surface area contributed by atoms with E-state index in [9.17, 15) is 4.79 Å². The van der Waals surface area contributed by atoms with E-state index < -0.39 is 0 Å². The van der Waals surface area contributed by atoms with Crippen LogP contribution in [0.2, 0.25) is 0 Å². The van der Waals surface area contributed by atoms with Crippen molar-refractivity contribution in [2.45, 2.75) is 27.7 Å². The molecule has 0 aromatic heterocycles. The summed E-state index contributed by atoms with van der Waals surface area (Å²) in [7, 11) is 0. The molecule has 0 bridgehead atoms. The zero-order valence-corrected chi connectivity index (χ0v) is 12.2. The van der Waals surface area contributed by atoms with Crippen LogP contribution in [-0.4, -0.2) is 12.5 Å². The summed E-state index contributed by atoms with van der Waals surface area (Å²) in [5.41, 5.74) is 7.99. The lowest BCUT2D eigenvalue weighted by molar-refractivity contribution is 0.0957. The van der Waals surface area contributed by atoms with Crippen molar-refractivity contribution in [1.82, 2.24) is 5.32 Å². The molecule has 0 atom stereocenters. The van der Waals surface area contributed by atoms with Crippen molar-refractivity contribution in [3.05, 3.63) is 59.3 Å². The monoisotopic (exact) mass is 260 g/mol. The van der Waals surface area contributed by atoms with Crippen molar-refractivity contribution in [3.8, 4) is 0 Å². The van der Waals surface area contributed by atoms with Gasteiger partial charge in [0.2, 0.25) is 0 Å². The Balaban J connectivity index is 0.00000154. The number of amides is 1. The fourth-order valence-corrected chi connectivity index (χ4v) is 1.37. The van der Waals surface area contributed by atoms with Crippen molar-refractivity contribution >= 4 is 5.91 Å². The molecular formula is C16H24N2O. The number of allylic oxidation sites excluding steroid dienone is 2. The topological polar surface area (TPSA) is 55.1 Å². The Morgan fingerprint density at radius 1 is 1.32 bits per heavy atom. The molecule has 0 saturated carbocycles. The van der Waals surface area contributed by atoms with Crippen molar-refractivity contribution in [3.63, 3.8) is 0 Å². The minimum absolute atomic E-state index is 0.0536. The molecule has 3 heteroatoms. The van der Waals surface area contributed by atoms with Crippen molar-refractivity contribution in [2.75, 3.05) is 6.54 Å². The van der Waals surface area contributed by atoms with Crippen LogP contribution >= 0.6 is 0 Å². The Morgan fingerprint density at radius 3 is 2.53 bits per heavy atom. The van der Waals surface area contributed by atoms with Gasteiger partial charge in [0.05, 0.1) is 0 Å². The molecule has 0 aliphatic heterocycles. The van der Waals surface area contributed by atoms with Crippen LogP contribution in [0.1, 0.15) is 36.7 Å². The van der Waals surface area contributed by atoms with Gasteiger partial charge < -0.3 is 11.1 Å². The Hall–Kier alpha value is -2.03. The Morgan fingerprint density at radius 2 is 1.95 bits per heavy atom. The maximum atomic E-state index is 11.8. The number of rotatable bonds is 4. The lowest BCUT2D eigenvalue weighted by Crippen LogP contribution is -2.24. The number of hydrogen-bond donors (Lipinski definition) is 2. The van der Waals surface area contributed by atoms with Crippen LogP contribution < -0.4 is 11.1 Å². The van der Waals surface area contributed by atoms with E-state index in [1.165, 1.54) is 6.20 Å². The van der Waals surface area contributed by atoms with E-state index in [-0.39, 0.29) is 5.91 Å². The molecule has 0 aliphatic rings. The summed E-state index contributed by atoms with van der Waals surface area (Å²) in [5, 5.41) is 2.83. The Bertz CT molecular complexity index is 448. The van der Waals surface area contributed by atoms with Crippen LogP contribution in [0.25, 0.3) is 0 Å². The average molecular weight is 260 g/mol. The van der Waals surface area contributed by atoms with Gasteiger partial charge in [-0.3, -0.25) is 4.79 Å². The molecule has 104 valence electrons. The van der Waals surface area contributed by atoms with Crippen LogP contribution in [0.4, 0.5) is 0 Å². The number of aryl methyl sites for hydroxylation is 1. The maximum Gasteiger partial charge on any atom is 0.251 e. The van der Waals surface area contributed by atoms with Gasteiger partial charge in [-0.1, -0.05) is 44.2 Å². The van der Waals surface area contributed by atoms with Gasteiger partial charge in [0.25, 0.3) is 5.91 Å². The van der Waals surface area contributed by atoms with Gasteiger partial charge in [0.1, 0.15) is 0 Å². The third-order valence-electron chi connectivity index (χ3n) is 2.41. The van der Waals surface area contributed by atoms with Crippen LogP contribution in [0.5, 0.6) is 0 Å². The standard InChI is InChI=1S/C14H18N2O.C2H6/c1-11(10-15)6-5-9-16-14(17)13-8-4-3-7-12(13)2;1-2/h3-8,10H,9,15H2,1-2H3,(H,16,17);1-2H3/b6-5-,11-10-;. The molecule has 1 aromatic carbocycles. The second-order valence-electron chi connectivity index (χ2n) is 3.84. The molecule has 1 amide bonds. The van der Waals surface area contributed by atoms with Crippen LogP contribution in [0.15, 0.2) is 48.2 Å². The number of carbonyl (C=O) groups excluding carboxylic acids is 1. The average Bonchev–Trinajstić information content (AvgIpc) is 2.45. The highest BCUT2D eigenvalue weighted by Crippen LogP contribution is 2.06. The molecule has 0 saturated heterocycles. The van der Waals surface area contributed by atoms with Crippen molar-refractivity contribution in [1.29, 1.82) is 0 Å².